The molecule has 124 valence electrons. The minimum atomic E-state index is 0. The number of hydrogen-bond donors (Lipinski definition) is 2. The molecule has 23 heavy (non-hydrogen) atoms. The maximum Gasteiger partial charge on any atom is 0.220 e. The molecule has 3 rings (SSSR count). The SMILES string of the molecule is Cl.N[C@@H]1CCC[C@H]1CC(=O)NCc1cc(-c2ccccc2)no1. The van der Waals surface area contributed by atoms with Crippen LogP contribution in [-0.2, 0) is 11.3 Å². The summed E-state index contributed by atoms with van der Waals surface area (Å²) >= 11 is 0. The molecule has 6 heteroatoms. The average molecular weight is 336 g/mol. The molecule has 1 aromatic heterocycles. The Balaban J connectivity index is 0.00000192. The fourth-order valence-electron chi connectivity index (χ4n) is 2.96. The maximum absolute atomic E-state index is 12.0. The predicted molar refractivity (Wildman–Crippen MR) is 91.0 cm³/mol. The Hall–Kier alpha value is -1.85. The first kappa shape index (κ1) is 17.5. The molecule has 2 aromatic rings. The number of nitrogens with zero attached hydrogens (tertiary/aromatic N) is 1. The highest BCUT2D eigenvalue weighted by Crippen LogP contribution is 2.26. The van der Waals surface area contributed by atoms with E-state index in [1.807, 2.05) is 36.4 Å². The van der Waals surface area contributed by atoms with Crippen molar-refractivity contribution in [3.8, 4) is 11.3 Å². The van der Waals surface area contributed by atoms with Crippen LogP contribution < -0.4 is 11.1 Å². The van der Waals surface area contributed by atoms with Gasteiger partial charge in [-0.1, -0.05) is 41.9 Å². The van der Waals surface area contributed by atoms with Gasteiger partial charge in [-0.25, -0.2) is 0 Å². The zero-order valence-electron chi connectivity index (χ0n) is 12.9. The monoisotopic (exact) mass is 335 g/mol. The van der Waals surface area contributed by atoms with E-state index in [1.165, 1.54) is 0 Å². The van der Waals surface area contributed by atoms with Crippen LogP contribution in [0.5, 0.6) is 0 Å². The second-order valence-electron chi connectivity index (χ2n) is 5.88. The van der Waals surface area contributed by atoms with Crippen molar-refractivity contribution in [2.24, 2.45) is 11.7 Å². The lowest BCUT2D eigenvalue weighted by Gasteiger charge is -2.14. The third-order valence-corrected chi connectivity index (χ3v) is 4.25. The van der Waals surface area contributed by atoms with Crippen LogP contribution in [0.4, 0.5) is 0 Å². The fraction of sp³-hybridized carbons (Fsp3) is 0.412. The van der Waals surface area contributed by atoms with Crippen LogP contribution in [0.15, 0.2) is 40.9 Å². The first-order valence-corrected chi connectivity index (χ1v) is 7.75. The number of nitrogens with one attached hydrogen (secondary N) is 1. The molecule has 1 aliphatic rings. The summed E-state index contributed by atoms with van der Waals surface area (Å²) in [4.78, 5) is 12.0. The van der Waals surface area contributed by atoms with Crippen molar-refractivity contribution in [1.29, 1.82) is 0 Å². The Morgan fingerprint density at radius 3 is 2.78 bits per heavy atom. The van der Waals surface area contributed by atoms with Gasteiger partial charge in [0, 0.05) is 24.1 Å². The third-order valence-electron chi connectivity index (χ3n) is 4.25. The number of carbonyl (C=O) groups is 1. The van der Waals surface area contributed by atoms with Crippen molar-refractivity contribution < 1.29 is 9.32 Å². The Morgan fingerprint density at radius 1 is 1.30 bits per heavy atom. The molecule has 0 radical (unpaired) electrons. The highest BCUT2D eigenvalue weighted by molar-refractivity contribution is 5.85. The van der Waals surface area contributed by atoms with Crippen molar-refractivity contribution in [2.75, 3.05) is 0 Å². The van der Waals surface area contributed by atoms with Crippen LogP contribution in [0.25, 0.3) is 11.3 Å². The second-order valence-corrected chi connectivity index (χ2v) is 5.88. The van der Waals surface area contributed by atoms with Gasteiger partial charge >= 0.3 is 0 Å². The topological polar surface area (TPSA) is 81.2 Å². The molecule has 3 N–H and O–H groups in total. The van der Waals surface area contributed by atoms with Crippen LogP contribution in [0.2, 0.25) is 0 Å². The summed E-state index contributed by atoms with van der Waals surface area (Å²) < 4.78 is 5.27. The van der Waals surface area contributed by atoms with E-state index in [2.05, 4.69) is 10.5 Å². The van der Waals surface area contributed by atoms with E-state index in [1.54, 1.807) is 0 Å². The molecule has 0 bridgehead atoms. The minimum Gasteiger partial charge on any atom is -0.359 e. The van der Waals surface area contributed by atoms with Gasteiger partial charge in [0.25, 0.3) is 0 Å². The lowest BCUT2D eigenvalue weighted by Crippen LogP contribution is -2.31. The standard InChI is InChI=1S/C17H21N3O2.ClH/c18-15-8-4-7-13(15)9-17(21)19-11-14-10-16(20-22-14)12-5-2-1-3-6-12;/h1-3,5-6,10,13,15H,4,7-9,11,18H2,(H,19,21);1H/t13-,15+;/m0./s1. The Labute approximate surface area is 142 Å². The van der Waals surface area contributed by atoms with Crippen molar-refractivity contribution in [2.45, 2.75) is 38.3 Å². The normalized spacial score (nSPS) is 20.0. The highest BCUT2D eigenvalue weighted by atomic mass is 35.5. The average Bonchev–Trinajstić information content (AvgIpc) is 3.16. The van der Waals surface area contributed by atoms with Gasteiger partial charge in [-0.15, -0.1) is 12.4 Å². The van der Waals surface area contributed by atoms with Crippen LogP contribution >= 0.6 is 12.4 Å². The summed E-state index contributed by atoms with van der Waals surface area (Å²) in [5, 5.41) is 6.92. The smallest absolute Gasteiger partial charge is 0.220 e. The molecular weight excluding hydrogens is 314 g/mol. The Bertz CT molecular complexity index is 630. The van der Waals surface area contributed by atoms with Gasteiger partial charge in [-0.3, -0.25) is 4.79 Å². The quantitative estimate of drug-likeness (QED) is 0.880. The Morgan fingerprint density at radius 2 is 2.09 bits per heavy atom. The Kier molecular flexibility index (Phi) is 6.19. The van der Waals surface area contributed by atoms with E-state index in [0.717, 1.165) is 30.5 Å². The first-order valence-electron chi connectivity index (χ1n) is 7.75. The molecule has 1 amide bonds. The van der Waals surface area contributed by atoms with Gasteiger partial charge in [-0.05, 0) is 18.8 Å². The van der Waals surface area contributed by atoms with E-state index >= 15 is 0 Å². The number of carbonyl (C=O) groups excluding carboxylic acids is 1. The number of amides is 1. The zero-order valence-corrected chi connectivity index (χ0v) is 13.7. The summed E-state index contributed by atoms with van der Waals surface area (Å²) in [7, 11) is 0. The zero-order chi connectivity index (χ0) is 15.4. The van der Waals surface area contributed by atoms with Crippen molar-refractivity contribution in [3.63, 3.8) is 0 Å². The van der Waals surface area contributed by atoms with Gasteiger partial charge in [0.2, 0.25) is 5.91 Å². The van der Waals surface area contributed by atoms with Gasteiger partial charge < -0.3 is 15.6 Å². The van der Waals surface area contributed by atoms with E-state index in [4.69, 9.17) is 10.3 Å². The summed E-state index contributed by atoms with van der Waals surface area (Å²) in [6, 6.07) is 11.8. The number of benzene rings is 1. The van der Waals surface area contributed by atoms with Gasteiger partial charge in [0.05, 0.1) is 6.54 Å². The molecule has 1 fully saturated rings. The van der Waals surface area contributed by atoms with Crippen molar-refractivity contribution in [1.82, 2.24) is 10.5 Å². The van der Waals surface area contributed by atoms with E-state index in [9.17, 15) is 4.79 Å². The van der Waals surface area contributed by atoms with E-state index < -0.39 is 0 Å². The predicted octanol–water partition coefficient (Wildman–Crippen LogP) is 2.90. The first-order chi connectivity index (χ1) is 10.7. The molecule has 0 saturated heterocycles. The summed E-state index contributed by atoms with van der Waals surface area (Å²) in [5.74, 6) is 0.998. The number of hydrogen-bond acceptors (Lipinski definition) is 4. The molecule has 0 spiro atoms. The number of nitrogens with two attached hydrogens (primary N) is 1. The summed E-state index contributed by atoms with van der Waals surface area (Å²) in [6.45, 7) is 0.362. The number of halogens is 1. The molecule has 1 aromatic carbocycles. The lowest BCUT2D eigenvalue weighted by atomic mass is 10.00. The molecule has 0 unspecified atom stereocenters. The van der Waals surface area contributed by atoms with Crippen LogP contribution in [-0.4, -0.2) is 17.1 Å². The maximum atomic E-state index is 12.0. The van der Waals surface area contributed by atoms with E-state index in [0.29, 0.717) is 24.6 Å². The number of rotatable bonds is 5. The van der Waals surface area contributed by atoms with E-state index in [-0.39, 0.29) is 24.4 Å². The van der Waals surface area contributed by atoms with Gasteiger partial charge in [0.15, 0.2) is 5.76 Å². The van der Waals surface area contributed by atoms with Crippen LogP contribution in [0.3, 0.4) is 0 Å². The molecule has 1 saturated carbocycles. The highest BCUT2D eigenvalue weighted by Gasteiger charge is 2.25. The van der Waals surface area contributed by atoms with Crippen molar-refractivity contribution in [3.05, 3.63) is 42.2 Å². The molecule has 0 aliphatic heterocycles. The van der Waals surface area contributed by atoms with Crippen molar-refractivity contribution >= 4 is 18.3 Å². The second kappa shape index (κ2) is 8.13. The summed E-state index contributed by atoms with van der Waals surface area (Å²) in [5.41, 5.74) is 7.77. The van der Waals surface area contributed by atoms with Crippen LogP contribution in [0, 0.1) is 5.92 Å². The third kappa shape index (κ3) is 4.56. The minimum absolute atomic E-state index is 0. The molecule has 5 nitrogen and oxygen atoms in total. The molecule has 1 aliphatic carbocycles. The fourth-order valence-corrected chi connectivity index (χ4v) is 2.96. The number of aromatic nitrogens is 1. The van der Waals surface area contributed by atoms with Gasteiger partial charge in [-0.2, -0.15) is 0 Å². The largest absolute Gasteiger partial charge is 0.359 e. The van der Waals surface area contributed by atoms with Crippen LogP contribution in [0.1, 0.15) is 31.4 Å². The lowest BCUT2D eigenvalue weighted by molar-refractivity contribution is -0.122. The molecule has 2 atom stereocenters. The van der Waals surface area contributed by atoms with Gasteiger partial charge in [0.1, 0.15) is 5.69 Å². The molecule has 1 heterocycles. The summed E-state index contributed by atoms with van der Waals surface area (Å²) in [6.07, 6.45) is 3.71. The molecular formula is C17H22ClN3O2.